The van der Waals surface area contributed by atoms with Crippen LogP contribution in [0.2, 0.25) is 0 Å². The second kappa shape index (κ2) is 6.28. The summed E-state index contributed by atoms with van der Waals surface area (Å²) in [5.74, 6) is 0.106. The van der Waals surface area contributed by atoms with Crippen LogP contribution in [0.1, 0.15) is 27.0 Å². The molecule has 0 aliphatic heterocycles. The van der Waals surface area contributed by atoms with Gasteiger partial charge in [0.05, 0.1) is 0 Å². The van der Waals surface area contributed by atoms with E-state index < -0.39 is 0 Å². The van der Waals surface area contributed by atoms with E-state index in [4.69, 9.17) is 0 Å². The van der Waals surface area contributed by atoms with E-state index in [9.17, 15) is 4.79 Å². The van der Waals surface area contributed by atoms with Gasteiger partial charge < -0.3 is 4.79 Å². The Morgan fingerprint density at radius 2 is 1.55 bits per heavy atom. The molecule has 0 spiro atoms. The Kier molecular flexibility index (Phi) is 4.38. The molecule has 0 saturated heterocycles. The van der Waals surface area contributed by atoms with Crippen molar-refractivity contribution in [2.75, 3.05) is 0 Å². The van der Waals surface area contributed by atoms with Crippen molar-refractivity contribution in [1.82, 2.24) is 0 Å². The molecule has 1 radical (unpaired) electrons. The van der Waals surface area contributed by atoms with Crippen molar-refractivity contribution < 1.29 is 37.5 Å². The number of carbonyl (C=O) groups excluding carboxylic acids is 1. The SMILES string of the molecule is O=C1c2ccc(Cc3[c-]cccc3)[c-]c2-c2ccccc21.[Y]. The van der Waals surface area contributed by atoms with Crippen LogP contribution >= 0.6 is 0 Å². The normalized spacial score (nSPS) is 11.5. The molecule has 0 atom stereocenters. The van der Waals surface area contributed by atoms with Gasteiger partial charge in [0.2, 0.25) is 0 Å². The Labute approximate surface area is 155 Å². The summed E-state index contributed by atoms with van der Waals surface area (Å²) in [4.78, 5) is 12.3. The van der Waals surface area contributed by atoms with Gasteiger partial charge in [-0.2, -0.15) is 35.9 Å². The molecule has 0 unspecified atom stereocenters. The summed E-state index contributed by atoms with van der Waals surface area (Å²) in [7, 11) is 0. The van der Waals surface area contributed by atoms with Crippen LogP contribution in [0.5, 0.6) is 0 Å². The van der Waals surface area contributed by atoms with Crippen molar-refractivity contribution >= 4 is 5.78 Å². The van der Waals surface area contributed by atoms with Crippen LogP contribution in [-0.2, 0) is 39.1 Å². The molecule has 0 heterocycles. The average Bonchev–Trinajstić information content (AvgIpc) is 2.82. The fourth-order valence-electron chi connectivity index (χ4n) is 2.83. The Morgan fingerprint density at radius 3 is 2.32 bits per heavy atom. The maximum absolute atomic E-state index is 12.3. The summed E-state index contributed by atoms with van der Waals surface area (Å²) < 4.78 is 0. The van der Waals surface area contributed by atoms with Crippen molar-refractivity contribution in [2.45, 2.75) is 6.42 Å². The van der Waals surface area contributed by atoms with Crippen LogP contribution in [-0.4, -0.2) is 5.78 Å². The zero-order valence-electron chi connectivity index (χ0n) is 12.0. The molecular formula is C20H12OY-2. The zero-order chi connectivity index (χ0) is 14.2. The molecule has 22 heavy (non-hydrogen) atoms. The topological polar surface area (TPSA) is 17.1 Å². The molecule has 2 heteroatoms. The number of hydrogen-bond donors (Lipinski definition) is 0. The van der Waals surface area contributed by atoms with Gasteiger partial charge in [0.1, 0.15) is 5.78 Å². The predicted octanol–water partition coefficient (Wildman–Crippen LogP) is 4.09. The van der Waals surface area contributed by atoms with Crippen LogP contribution in [0, 0.1) is 12.1 Å². The van der Waals surface area contributed by atoms with Crippen molar-refractivity contribution in [3.63, 3.8) is 0 Å². The minimum Gasteiger partial charge on any atom is -0.301 e. The monoisotopic (exact) mass is 357 g/mol. The van der Waals surface area contributed by atoms with Crippen LogP contribution < -0.4 is 0 Å². The molecule has 4 rings (SSSR count). The van der Waals surface area contributed by atoms with Crippen molar-refractivity contribution in [1.29, 1.82) is 0 Å². The smallest absolute Gasteiger partial charge is 0.143 e. The van der Waals surface area contributed by atoms with Crippen LogP contribution in [0.25, 0.3) is 11.1 Å². The summed E-state index contributed by atoms with van der Waals surface area (Å²) in [6.45, 7) is 0. The largest absolute Gasteiger partial charge is 0.301 e. The van der Waals surface area contributed by atoms with E-state index in [0.717, 1.165) is 39.8 Å². The maximum Gasteiger partial charge on any atom is 0.143 e. The molecule has 3 aromatic carbocycles. The average molecular weight is 357 g/mol. The van der Waals surface area contributed by atoms with Gasteiger partial charge in [0.25, 0.3) is 0 Å². The summed E-state index contributed by atoms with van der Waals surface area (Å²) in [6.07, 6.45) is 0.782. The Hall–Kier alpha value is -1.57. The van der Waals surface area contributed by atoms with Crippen LogP contribution in [0.3, 0.4) is 0 Å². The third-order valence-electron chi connectivity index (χ3n) is 3.85. The van der Waals surface area contributed by atoms with E-state index in [0.29, 0.717) is 0 Å². The zero-order valence-corrected chi connectivity index (χ0v) is 14.8. The molecule has 0 saturated carbocycles. The Morgan fingerprint density at radius 1 is 0.773 bits per heavy atom. The predicted molar refractivity (Wildman–Crippen MR) is 82.2 cm³/mol. The van der Waals surface area contributed by atoms with E-state index >= 15 is 0 Å². The minimum absolute atomic E-state index is 0. The second-order valence-corrected chi connectivity index (χ2v) is 5.21. The first kappa shape index (κ1) is 15.3. The molecule has 103 valence electrons. The summed E-state index contributed by atoms with van der Waals surface area (Å²) in [5, 5.41) is 0. The standard InChI is InChI=1S/C20H12O.Y/c21-20-17-9-5-4-8-16(17)19-13-15(10-11-18(19)20)12-14-6-2-1-3-7-14;/h1-6,8-11H,12H2;/q-2;. The molecule has 0 amide bonds. The van der Waals surface area contributed by atoms with Gasteiger partial charge in [0.15, 0.2) is 0 Å². The Balaban J connectivity index is 0.00000144. The number of rotatable bonds is 2. The number of hydrogen-bond acceptors (Lipinski definition) is 1. The summed E-state index contributed by atoms with van der Waals surface area (Å²) in [6, 6.07) is 26.3. The number of carbonyl (C=O) groups is 1. The number of fused-ring (bicyclic) bond motifs is 3. The van der Waals surface area contributed by atoms with Crippen LogP contribution in [0.4, 0.5) is 0 Å². The molecule has 0 bridgehead atoms. The van der Waals surface area contributed by atoms with E-state index in [1.54, 1.807) is 0 Å². The quantitative estimate of drug-likeness (QED) is 0.494. The van der Waals surface area contributed by atoms with Crippen LogP contribution in [0.15, 0.2) is 60.7 Å². The third-order valence-corrected chi connectivity index (χ3v) is 3.85. The van der Waals surface area contributed by atoms with Gasteiger partial charge in [0, 0.05) is 32.7 Å². The van der Waals surface area contributed by atoms with Gasteiger partial charge in [-0.3, -0.25) is 0 Å². The first-order valence-corrected chi connectivity index (χ1v) is 6.98. The number of ketones is 1. The Bertz CT molecular complexity index is 837. The van der Waals surface area contributed by atoms with E-state index in [-0.39, 0.29) is 38.5 Å². The molecule has 0 aromatic heterocycles. The molecule has 1 aliphatic carbocycles. The molecule has 1 nitrogen and oxygen atoms in total. The molecule has 0 N–H and O–H groups in total. The summed E-state index contributed by atoms with van der Waals surface area (Å²) in [5.41, 5.74) is 5.69. The van der Waals surface area contributed by atoms with E-state index in [1.807, 2.05) is 54.6 Å². The van der Waals surface area contributed by atoms with Gasteiger partial charge >= 0.3 is 0 Å². The molecular weight excluding hydrogens is 345 g/mol. The summed E-state index contributed by atoms with van der Waals surface area (Å²) >= 11 is 0. The van der Waals surface area contributed by atoms with E-state index in [1.165, 1.54) is 0 Å². The van der Waals surface area contributed by atoms with E-state index in [2.05, 4.69) is 18.2 Å². The third kappa shape index (κ3) is 2.60. The fraction of sp³-hybridized carbons (Fsp3) is 0.0500. The first-order valence-electron chi connectivity index (χ1n) is 6.98. The fourth-order valence-corrected chi connectivity index (χ4v) is 2.83. The molecule has 1 aliphatic rings. The molecule has 3 aromatic rings. The van der Waals surface area contributed by atoms with Crippen molar-refractivity contribution in [2.24, 2.45) is 0 Å². The van der Waals surface area contributed by atoms with Crippen molar-refractivity contribution in [3.05, 3.63) is 95.1 Å². The number of benzene rings is 3. The van der Waals surface area contributed by atoms with Gasteiger partial charge in [-0.05, 0) is 12.0 Å². The molecule has 0 fully saturated rings. The minimum atomic E-state index is 0. The second-order valence-electron chi connectivity index (χ2n) is 5.21. The van der Waals surface area contributed by atoms with Crippen molar-refractivity contribution in [3.8, 4) is 11.1 Å². The van der Waals surface area contributed by atoms with Gasteiger partial charge in [-0.25, -0.2) is 0 Å². The maximum atomic E-state index is 12.3. The first-order chi connectivity index (χ1) is 10.3. The van der Waals surface area contributed by atoms with Gasteiger partial charge in [-0.1, -0.05) is 35.4 Å². The van der Waals surface area contributed by atoms with Gasteiger partial charge in [-0.15, -0.1) is 29.3 Å².